The predicted octanol–water partition coefficient (Wildman–Crippen LogP) is 18.3. The van der Waals surface area contributed by atoms with E-state index >= 15 is 0 Å². The second-order valence-corrected chi connectivity index (χ2v) is 20.3. The summed E-state index contributed by atoms with van der Waals surface area (Å²) in [5, 5.41) is 5.58. The number of hydrogen-bond acceptors (Lipinski definition) is 2. The molecule has 0 amide bonds. The first-order valence-corrected chi connectivity index (χ1v) is 23.7. The highest BCUT2D eigenvalue weighted by Crippen LogP contribution is 2.54. The van der Waals surface area contributed by atoms with Crippen molar-refractivity contribution >= 4 is 55.7 Å². The summed E-state index contributed by atoms with van der Waals surface area (Å²) >= 11 is 0. The van der Waals surface area contributed by atoms with Gasteiger partial charge in [0.05, 0.1) is 34.1 Å². The van der Waals surface area contributed by atoms with E-state index < -0.39 is 0 Å². The molecule has 0 saturated carbocycles. The standard InChI is InChI=1S/C62H76N2/c1-29-25-31(3)57(32(4)26-29)63(59-45(17)37(9)35(7)38(10)46(59)18)61-49(21)43(15)55-53(51(61)23)41(13)42(14)54-52(24)62(50(22)44(16)56(54)55)64(58-33(5)27-30(2)28-34(58)6)60-47(19)39(11)36(8)40(12)48(60)20/h25-28H,1-24H3. The van der Waals surface area contributed by atoms with Crippen molar-refractivity contribution in [1.82, 2.24) is 0 Å². The Bertz CT molecular complexity index is 2860. The normalized spacial score (nSPS) is 11.8. The Hall–Kier alpha value is -5.34. The van der Waals surface area contributed by atoms with Gasteiger partial charge in [-0.15, -0.1) is 0 Å². The van der Waals surface area contributed by atoms with Crippen LogP contribution in [-0.4, -0.2) is 0 Å². The van der Waals surface area contributed by atoms with Crippen LogP contribution in [0.4, 0.5) is 34.1 Å². The van der Waals surface area contributed by atoms with E-state index in [-0.39, 0.29) is 0 Å². The Kier molecular flexibility index (Phi) is 11.9. The second kappa shape index (κ2) is 16.3. The van der Waals surface area contributed by atoms with E-state index in [1.807, 2.05) is 0 Å². The van der Waals surface area contributed by atoms with Gasteiger partial charge in [-0.05, 0) is 310 Å². The van der Waals surface area contributed by atoms with E-state index in [1.165, 1.54) is 189 Å². The highest BCUT2D eigenvalue weighted by Gasteiger charge is 2.32. The van der Waals surface area contributed by atoms with E-state index in [2.05, 4.69) is 200 Å². The zero-order valence-corrected chi connectivity index (χ0v) is 44.2. The van der Waals surface area contributed by atoms with Crippen molar-refractivity contribution in [3.05, 3.63) is 158 Å². The maximum absolute atomic E-state index is 2.68. The lowest BCUT2D eigenvalue weighted by atomic mass is 9.80. The molecule has 0 spiro atoms. The van der Waals surface area contributed by atoms with Crippen LogP contribution in [0.5, 0.6) is 0 Å². The van der Waals surface area contributed by atoms with Crippen LogP contribution in [0.2, 0.25) is 0 Å². The summed E-state index contributed by atoms with van der Waals surface area (Å²) in [6, 6.07) is 9.47. The Morgan fingerprint density at radius 3 is 0.625 bits per heavy atom. The average molecular weight is 849 g/mol. The number of nitrogens with zero attached hydrogens (tertiary/aromatic N) is 2. The van der Waals surface area contributed by atoms with Crippen LogP contribution in [0, 0.1) is 166 Å². The summed E-state index contributed by atoms with van der Waals surface area (Å²) in [5.41, 5.74) is 40.2. The van der Waals surface area contributed by atoms with E-state index in [0.29, 0.717) is 0 Å². The van der Waals surface area contributed by atoms with Gasteiger partial charge in [-0.2, -0.15) is 0 Å². The summed E-state index contributed by atoms with van der Waals surface area (Å²) in [6.07, 6.45) is 0. The molecule has 7 aromatic rings. The lowest BCUT2D eigenvalue weighted by Gasteiger charge is -2.38. The fourth-order valence-electron chi connectivity index (χ4n) is 12.2. The molecule has 64 heavy (non-hydrogen) atoms. The minimum atomic E-state index is 1.29. The van der Waals surface area contributed by atoms with Crippen molar-refractivity contribution in [2.24, 2.45) is 0 Å². The van der Waals surface area contributed by atoms with Crippen LogP contribution in [0.3, 0.4) is 0 Å². The lowest BCUT2D eigenvalue weighted by Crippen LogP contribution is -2.21. The third kappa shape index (κ3) is 6.63. The first-order chi connectivity index (χ1) is 29.8. The number of fused-ring (bicyclic) bond motifs is 3. The molecule has 0 aliphatic heterocycles. The maximum Gasteiger partial charge on any atom is 0.0529 e. The van der Waals surface area contributed by atoms with E-state index in [1.54, 1.807) is 0 Å². The Morgan fingerprint density at radius 1 is 0.188 bits per heavy atom. The molecule has 0 aliphatic rings. The molecule has 2 nitrogen and oxygen atoms in total. The molecule has 0 unspecified atom stereocenters. The zero-order valence-electron chi connectivity index (χ0n) is 44.2. The topological polar surface area (TPSA) is 6.48 Å². The highest BCUT2D eigenvalue weighted by atomic mass is 15.2. The molecule has 0 radical (unpaired) electrons. The number of anilines is 6. The molecule has 0 aliphatic carbocycles. The minimum Gasteiger partial charge on any atom is -0.309 e. The minimum absolute atomic E-state index is 1.29. The van der Waals surface area contributed by atoms with Crippen LogP contribution in [0.25, 0.3) is 21.5 Å². The number of aryl methyl sites for hydroxylation is 12. The van der Waals surface area contributed by atoms with Crippen LogP contribution >= 0.6 is 0 Å². The lowest BCUT2D eigenvalue weighted by molar-refractivity contribution is 1.10. The van der Waals surface area contributed by atoms with Gasteiger partial charge >= 0.3 is 0 Å². The van der Waals surface area contributed by atoms with Gasteiger partial charge in [-0.25, -0.2) is 0 Å². The van der Waals surface area contributed by atoms with E-state index in [0.717, 1.165) is 0 Å². The van der Waals surface area contributed by atoms with Crippen molar-refractivity contribution in [1.29, 1.82) is 0 Å². The average Bonchev–Trinajstić information content (AvgIpc) is 3.21. The van der Waals surface area contributed by atoms with Gasteiger partial charge in [0.1, 0.15) is 0 Å². The smallest absolute Gasteiger partial charge is 0.0529 e. The summed E-state index contributed by atoms with van der Waals surface area (Å²) in [4.78, 5) is 5.36. The van der Waals surface area contributed by atoms with Crippen LogP contribution in [0.15, 0.2) is 24.3 Å². The molecule has 7 aromatic carbocycles. The van der Waals surface area contributed by atoms with E-state index in [4.69, 9.17) is 0 Å². The molecule has 2 heteroatoms. The van der Waals surface area contributed by atoms with Gasteiger partial charge in [0.15, 0.2) is 0 Å². The predicted molar refractivity (Wildman–Crippen MR) is 285 cm³/mol. The highest BCUT2D eigenvalue weighted by molar-refractivity contribution is 6.19. The zero-order chi connectivity index (χ0) is 47.6. The molecule has 0 bridgehead atoms. The largest absolute Gasteiger partial charge is 0.309 e. The monoisotopic (exact) mass is 849 g/mol. The quantitative estimate of drug-likeness (QED) is 0.154. The SMILES string of the molecule is Cc1cc(C)c(N(c2c(C)c(C)c(C)c(C)c2C)c2c(C)c(C)c3c(c2C)c(C)c(C)c2c(C)c(N(c4c(C)cc(C)cc4C)c4c(C)c(C)c(C)c(C)c4C)c(C)c(C)c23)c(C)c1. The molecular weight excluding hydrogens is 773 g/mol. The summed E-state index contributed by atoms with van der Waals surface area (Å²) < 4.78 is 0. The number of rotatable bonds is 6. The molecule has 0 N–H and O–H groups in total. The van der Waals surface area contributed by atoms with Crippen LogP contribution in [-0.2, 0) is 0 Å². The van der Waals surface area contributed by atoms with Crippen molar-refractivity contribution in [2.45, 2.75) is 166 Å². The Balaban J connectivity index is 1.68. The van der Waals surface area contributed by atoms with Crippen molar-refractivity contribution in [3.63, 3.8) is 0 Å². The summed E-state index contributed by atoms with van der Waals surface area (Å²) in [6.45, 7) is 56.1. The summed E-state index contributed by atoms with van der Waals surface area (Å²) in [7, 11) is 0. The summed E-state index contributed by atoms with van der Waals surface area (Å²) in [5.74, 6) is 0. The molecule has 0 heterocycles. The van der Waals surface area contributed by atoms with Gasteiger partial charge in [-0.3, -0.25) is 0 Å². The number of benzene rings is 7. The third-order valence-electron chi connectivity index (χ3n) is 16.6. The van der Waals surface area contributed by atoms with Crippen LogP contribution < -0.4 is 9.80 Å². The molecule has 0 saturated heterocycles. The van der Waals surface area contributed by atoms with E-state index in [9.17, 15) is 0 Å². The first kappa shape index (κ1) is 46.6. The third-order valence-corrected chi connectivity index (χ3v) is 16.6. The molecule has 334 valence electrons. The molecule has 0 aromatic heterocycles. The molecule has 0 fully saturated rings. The Morgan fingerprint density at radius 2 is 0.375 bits per heavy atom. The fraction of sp³-hybridized carbons (Fsp3) is 0.387. The van der Waals surface area contributed by atoms with Crippen molar-refractivity contribution in [3.8, 4) is 0 Å². The van der Waals surface area contributed by atoms with Gasteiger partial charge in [0, 0.05) is 0 Å². The Labute approximate surface area is 387 Å². The fourth-order valence-corrected chi connectivity index (χ4v) is 12.2. The number of hydrogen-bond donors (Lipinski definition) is 0. The van der Waals surface area contributed by atoms with Gasteiger partial charge in [0.2, 0.25) is 0 Å². The molecule has 0 atom stereocenters. The van der Waals surface area contributed by atoms with Gasteiger partial charge in [-0.1, -0.05) is 35.4 Å². The van der Waals surface area contributed by atoms with Crippen molar-refractivity contribution in [2.75, 3.05) is 9.80 Å². The van der Waals surface area contributed by atoms with Gasteiger partial charge in [0.25, 0.3) is 0 Å². The maximum atomic E-state index is 2.68. The van der Waals surface area contributed by atoms with Crippen molar-refractivity contribution < 1.29 is 0 Å². The second-order valence-electron chi connectivity index (χ2n) is 20.3. The first-order valence-electron chi connectivity index (χ1n) is 23.7. The molecular formula is C62H76N2. The van der Waals surface area contributed by atoms with Crippen LogP contribution in [0.1, 0.15) is 134 Å². The molecule has 7 rings (SSSR count). The van der Waals surface area contributed by atoms with Gasteiger partial charge < -0.3 is 9.80 Å².